The average molecular weight is 495 g/mol. The zero-order valence-electron chi connectivity index (χ0n) is 20.9. The fraction of sp³-hybridized carbons (Fsp3) is 0.179. The lowest BCUT2D eigenvalue weighted by atomic mass is 10.0. The number of hydrogen-bond donors (Lipinski definition) is 3. The van der Waals surface area contributed by atoms with Gasteiger partial charge in [0.1, 0.15) is 11.5 Å². The van der Waals surface area contributed by atoms with Crippen LogP contribution >= 0.6 is 0 Å². The summed E-state index contributed by atoms with van der Waals surface area (Å²) in [5.74, 6) is -0.293. The number of anilines is 1. The van der Waals surface area contributed by atoms with Crippen LogP contribution in [0.2, 0.25) is 0 Å². The van der Waals surface area contributed by atoms with E-state index in [4.69, 9.17) is 0 Å². The molecule has 0 saturated heterocycles. The van der Waals surface area contributed by atoms with E-state index in [0.717, 1.165) is 74.2 Å². The summed E-state index contributed by atoms with van der Waals surface area (Å²) in [6, 6.07) is 13.3. The highest BCUT2D eigenvalue weighted by Crippen LogP contribution is 2.35. The second kappa shape index (κ2) is 9.18. The molecule has 0 aliphatic carbocycles. The van der Waals surface area contributed by atoms with E-state index in [-0.39, 0.29) is 5.82 Å². The van der Waals surface area contributed by atoms with Crippen LogP contribution in [0.25, 0.3) is 55.4 Å². The van der Waals surface area contributed by atoms with E-state index in [1.165, 1.54) is 6.07 Å². The lowest BCUT2D eigenvalue weighted by Crippen LogP contribution is -2.20. The topological polar surface area (TPSA) is 90.4 Å². The number of H-pyrrole nitrogens is 2. The zero-order chi connectivity index (χ0) is 25.5. The van der Waals surface area contributed by atoms with Gasteiger partial charge in [-0.05, 0) is 61.6 Å². The molecule has 0 radical (unpaired) electrons. The summed E-state index contributed by atoms with van der Waals surface area (Å²) in [7, 11) is 5.93. The van der Waals surface area contributed by atoms with E-state index in [0.29, 0.717) is 0 Å². The Kier molecular flexibility index (Phi) is 5.69. The molecule has 6 aromatic rings. The average Bonchev–Trinajstić information content (AvgIpc) is 3.60. The first kappa shape index (κ1) is 22.9. The quantitative estimate of drug-likeness (QED) is 0.281. The minimum absolute atomic E-state index is 0.293. The summed E-state index contributed by atoms with van der Waals surface area (Å²) in [6.45, 7) is 1.57. The van der Waals surface area contributed by atoms with Crippen molar-refractivity contribution in [3.8, 4) is 33.6 Å². The number of aromatic nitrogens is 6. The summed E-state index contributed by atoms with van der Waals surface area (Å²) in [5.41, 5.74) is 7.94. The van der Waals surface area contributed by atoms with Gasteiger partial charge < -0.3 is 15.2 Å². The Labute approximate surface area is 213 Å². The molecule has 0 amide bonds. The number of pyridine rings is 1. The van der Waals surface area contributed by atoms with Crippen molar-refractivity contribution in [3.05, 3.63) is 73.1 Å². The van der Waals surface area contributed by atoms with Gasteiger partial charge in [0, 0.05) is 60.1 Å². The van der Waals surface area contributed by atoms with Gasteiger partial charge >= 0.3 is 0 Å². The molecule has 4 heterocycles. The number of rotatable bonds is 7. The Morgan fingerprint density at radius 3 is 2.65 bits per heavy atom. The monoisotopic (exact) mass is 494 g/mol. The van der Waals surface area contributed by atoms with Crippen LogP contribution in [0.4, 0.5) is 10.1 Å². The van der Waals surface area contributed by atoms with Crippen molar-refractivity contribution < 1.29 is 4.39 Å². The highest BCUT2D eigenvalue weighted by molar-refractivity contribution is 6.01. The van der Waals surface area contributed by atoms with Crippen molar-refractivity contribution in [3.63, 3.8) is 0 Å². The van der Waals surface area contributed by atoms with Crippen molar-refractivity contribution in [1.82, 2.24) is 34.8 Å². The third-order valence-electron chi connectivity index (χ3n) is 6.50. The minimum Gasteiger partial charge on any atom is -0.384 e. The maximum absolute atomic E-state index is 14.6. The molecule has 186 valence electrons. The van der Waals surface area contributed by atoms with Crippen LogP contribution in [-0.2, 0) is 7.05 Å². The summed E-state index contributed by atoms with van der Waals surface area (Å²) in [4.78, 5) is 9.97. The third-order valence-corrected chi connectivity index (χ3v) is 6.50. The van der Waals surface area contributed by atoms with Crippen molar-refractivity contribution in [1.29, 1.82) is 0 Å². The van der Waals surface area contributed by atoms with Crippen molar-refractivity contribution in [2.24, 2.45) is 7.05 Å². The molecule has 0 atom stereocenters. The van der Waals surface area contributed by atoms with E-state index in [9.17, 15) is 4.39 Å². The molecule has 0 fully saturated rings. The summed E-state index contributed by atoms with van der Waals surface area (Å²) >= 11 is 0. The van der Waals surface area contributed by atoms with Crippen LogP contribution in [0, 0.1) is 5.82 Å². The first-order valence-corrected chi connectivity index (χ1v) is 12.1. The largest absolute Gasteiger partial charge is 0.384 e. The van der Waals surface area contributed by atoms with Crippen LogP contribution in [-0.4, -0.2) is 62.0 Å². The van der Waals surface area contributed by atoms with Crippen LogP contribution in [0.5, 0.6) is 0 Å². The van der Waals surface area contributed by atoms with E-state index >= 15 is 0 Å². The molecular formula is C28H27FN8. The Bertz CT molecular complexity index is 1730. The summed E-state index contributed by atoms with van der Waals surface area (Å²) < 4.78 is 16.4. The summed E-state index contributed by atoms with van der Waals surface area (Å²) in [6.07, 6.45) is 7.41. The van der Waals surface area contributed by atoms with Gasteiger partial charge in [-0.3, -0.25) is 14.8 Å². The predicted molar refractivity (Wildman–Crippen MR) is 146 cm³/mol. The van der Waals surface area contributed by atoms with Crippen molar-refractivity contribution >= 4 is 27.5 Å². The van der Waals surface area contributed by atoms with E-state index < -0.39 is 0 Å². The van der Waals surface area contributed by atoms with Gasteiger partial charge in [-0.1, -0.05) is 6.07 Å². The highest BCUT2D eigenvalue weighted by Gasteiger charge is 2.15. The molecule has 0 aliphatic heterocycles. The first-order chi connectivity index (χ1) is 17.9. The normalized spacial score (nSPS) is 11.7. The van der Waals surface area contributed by atoms with Crippen molar-refractivity contribution in [2.75, 3.05) is 32.5 Å². The molecule has 2 aromatic carbocycles. The molecular weight excluding hydrogens is 467 g/mol. The van der Waals surface area contributed by atoms with Gasteiger partial charge in [0.15, 0.2) is 0 Å². The number of benzene rings is 2. The number of likely N-dealkylation sites (N-methyl/N-ethyl adjacent to an activating group) is 1. The lowest BCUT2D eigenvalue weighted by Gasteiger charge is -2.13. The number of halogens is 1. The zero-order valence-corrected chi connectivity index (χ0v) is 20.9. The smallest absolute Gasteiger partial charge is 0.125 e. The van der Waals surface area contributed by atoms with Crippen LogP contribution in [0.3, 0.4) is 0 Å². The van der Waals surface area contributed by atoms with Gasteiger partial charge in [-0.15, -0.1) is 0 Å². The molecule has 9 heteroatoms. The number of aryl methyl sites for hydroxylation is 1. The Morgan fingerprint density at radius 1 is 0.946 bits per heavy atom. The minimum atomic E-state index is -0.293. The molecule has 6 rings (SSSR count). The fourth-order valence-corrected chi connectivity index (χ4v) is 4.65. The van der Waals surface area contributed by atoms with Gasteiger partial charge in [0.25, 0.3) is 0 Å². The lowest BCUT2D eigenvalue weighted by molar-refractivity contribution is 0.425. The number of nitrogens with one attached hydrogen (secondary N) is 3. The molecule has 0 bridgehead atoms. The van der Waals surface area contributed by atoms with E-state index in [2.05, 4.69) is 53.7 Å². The molecule has 0 spiro atoms. The van der Waals surface area contributed by atoms with Crippen LogP contribution in [0.1, 0.15) is 0 Å². The second-order valence-corrected chi connectivity index (χ2v) is 9.53. The molecule has 8 nitrogen and oxygen atoms in total. The molecule has 0 aliphatic rings. The Balaban J connectivity index is 1.40. The maximum atomic E-state index is 14.6. The predicted octanol–water partition coefficient (Wildman–Crippen LogP) is 5.29. The fourth-order valence-electron chi connectivity index (χ4n) is 4.65. The van der Waals surface area contributed by atoms with Gasteiger partial charge in [0.2, 0.25) is 0 Å². The first-order valence-electron chi connectivity index (χ1n) is 12.1. The summed E-state index contributed by atoms with van der Waals surface area (Å²) in [5, 5.41) is 17.3. The number of hydrogen-bond acceptors (Lipinski definition) is 5. The highest BCUT2D eigenvalue weighted by atomic mass is 19.1. The van der Waals surface area contributed by atoms with E-state index in [1.807, 2.05) is 45.7 Å². The SMILES string of the molecule is CN(C)CCNc1cc(F)cc(-c2cncc3[nH]c(-c4n[nH]c5ccc(-c6cnn(C)c6)cc45)cc23)c1. The van der Waals surface area contributed by atoms with Crippen LogP contribution in [0.15, 0.2) is 67.3 Å². The second-order valence-electron chi connectivity index (χ2n) is 9.53. The van der Waals surface area contributed by atoms with Gasteiger partial charge in [0.05, 0.1) is 29.1 Å². The van der Waals surface area contributed by atoms with Gasteiger partial charge in [-0.25, -0.2) is 4.39 Å². The molecule has 4 aromatic heterocycles. The van der Waals surface area contributed by atoms with Crippen molar-refractivity contribution in [2.45, 2.75) is 0 Å². The number of fused-ring (bicyclic) bond motifs is 2. The molecule has 0 saturated carbocycles. The maximum Gasteiger partial charge on any atom is 0.125 e. The standard InChI is InChI=1S/C28H27FN8/c1-36(2)7-6-31-21-9-18(8-20(29)11-21)24-14-30-15-27-22(24)12-26(33-27)28-23-10-17(4-5-25(23)34-35-28)19-13-32-37(3)16-19/h4-5,8-16,31,33H,6-7H2,1-3H3,(H,34,35). The molecule has 37 heavy (non-hydrogen) atoms. The van der Waals surface area contributed by atoms with Gasteiger partial charge in [-0.2, -0.15) is 10.2 Å². The Morgan fingerprint density at radius 2 is 1.84 bits per heavy atom. The molecule has 3 N–H and O–H groups in total. The van der Waals surface area contributed by atoms with E-state index in [1.54, 1.807) is 23.1 Å². The number of nitrogens with zero attached hydrogens (tertiary/aromatic N) is 5. The Hall–Kier alpha value is -4.50. The van der Waals surface area contributed by atoms with Crippen LogP contribution < -0.4 is 5.32 Å². The molecule has 0 unspecified atom stereocenters. The number of aromatic amines is 2. The third kappa shape index (κ3) is 4.45.